The van der Waals surface area contributed by atoms with E-state index in [0.29, 0.717) is 24.2 Å². The van der Waals surface area contributed by atoms with E-state index in [1.165, 1.54) is 6.07 Å². The maximum Gasteiger partial charge on any atom is 0.407 e. The molecular formula is C19H23FN2O3. The van der Waals surface area contributed by atoms with Crippen LogP contribution in [0.4, 0.5) is 14.9 Å². The van der Waals surface area contributed by atoms with E-state index in [9.17, 15) is 14.3 Å². The first-order chi connectivity index (χ1) is 12.0. The fourth-order valence-corrected chi connectivity index (χ4v) is 2.16. The maximum absolute atomic E-state index is 13.4. The Hall–Kier alpha value is -2.60. The van der Waals surface area contributed by atoms with Crippen LogP contribution in [-0.2, 0) is 11.3 Å². The first kappa shape index (κ1) is 18.7. The van der Waals surface area contributed by atoms with E-state index in [0.717, 1.165) is 5.56 Å². The van der Waals surface area contributed by atoms with Crippen molar-refractivity contribution < 1.29 is 19.0 Å². The molecule has 0 fully saturated rings. The molecule has 0 saturated carbocycles. The van der Waals surface area contributed by atoms with Crippen LogP contribution >= 0.6 is 0 Å². The summed E-state index contributed by atoms with van der Waals surface area (Å²) in [5, 5.41) is 15.5. The van der Waals surface area contributed by atoms with Gasteiger partial charge in [-0.3, -0.25) is 0 Å². The molecule has 0 aliphatic rings. The third kappa shape index (κ3) is 6.81. The van der Waals surface area contributed by atoms with Gasteiger partial charge in [-0.05, 0) is 36.6 Å². The highest BCUT2D eigenvalue weighted by Crippen LogP contribution is 2.13. The molecule has 2 rings (SSSR count). The first-order valence-corrected chi connectivity index (χ1v) is 8.17. The van der Waals surface area contributed by atoms with Crippen molar-refractivity contribution >= 4 is 11.8 Å². The molecule has 0 spiro atoms. The SMILES string of the molecule is Cc1ccc(NCC(O)CCNC(=O)OCc2ccccc2)cc1F. The van der Waals surface area contributed by atoms with Gasteiger partial charge in [-0.2, -0.15) is 0 Å². The summed E-state index contributed by atoms with van der Waals surface area (Å²) in [5.41, 5.74) is 2.09. The topological polar surface area (TPSA) is 70.6 Å². The number of anilines is 1. The number of alkyl carbamates (subject to hydrolysis) is 1. The van der Waals surface area contributed by atoms with Crippen LogP contribution < -0.4 is 10.6 Å². The second-order valence-corrected chi connectivity index (χ2v) is 5.78. The van der Waals surface area contributed by atoms with Crippen molar-refractivity contribution in [3.63, 3.8) is 0 Å². The van der Waals surface area contributed by atoms with Crippen molar-refractivity contribution in [1.82, 2.24) is 5.32 Å². The van der Waals surface area contributed by atoms with Crippen molar-refractivity contribution in [2.45, 2.75) is 26.1 Å². The Balaban J connectivity index is 1.60. The Kier molecular flexibility index (Phi) is 7.22. The Bertz CT molecular complexity index is 680. The molecule has 25 heavy (non-hydrogen) atoms. The van der Waals surface area contributed by atoms with Crippen molar-refractivity contribution in [2.24, 2.45) is 0 Å². The molecule has 0 aliphatic carbocycles. The third-order valence-electron chi connectivity index (χ3n) is 3.67. The van der Waals surface area contributed by atoms with Gasteiger partial charge >= 0.3 is 6.09 Å². The Morgan fingerprint density at radius 3 is 2.72 bits per heavy atom. The van der Waals surface area contributed by atoms with Crippen molar-refractivity contribution in [3.05, 3.63) is 65.5 Å². The number of hydrogen-bond acceptors (Lipinski definition) is 4. The van der Waals surface area contributed by atoms with Crippen LogP contribution in [0.3, 0.4) is 0 Å². The summed E-state index contributed by atoms with van der Waals surface area (Å²) in [7, 11) is 0. The molecule has 1 amide bonds. The van der Waals surface area contributed by atoms with E-state index >= 15 is 0 Å². The van der Waals surface area contributed by atoms with Crippen LogP contribution in [0.2, 0.25) is 0 Å². The van der Waals surface area contributed by atoms with Gasteiger partial charge in [0.15, 0.2) is 0 Å². The van der Waals surface area contributed by atoms with Gasteiger partial charge < -0.3 is 20.5 Å². The lowest BCUT2D eigenvalue weighted by atomic mass is 10.2. The number of amides is 1. The molecule has 0 heterocycles. The zero-order chi connectivity index (χ0) is 18.1. The second-order valence-electron chi connectivity index (χ2n) is 5.78. The summed E-state index contributed by atoms with van der Waals surface area (Å²) in [5.74, 6) is -0.290. The van der Waals surface area contributed by atoms with E-state index in [1.54, 1.807) is 19.1 Å². The molecule has 0 aliphatic heterocycles. The van der Waals surface area contributed by atoms with Crippen LogP contribution in [-0.4, -0.2) is 30.4 Å². The Morgan fingerprint density at radius 2 is 2.00 bits per heavy atom. The van der Waals surface area contributed by atoms with Crippen LogP contribution in [0.25, 0.3) is 0 Å². The van der Waals surface area contributed by atoms with E-state index in [1.807, 2.05) is 30.3 Å². The molecule has 3 N–H and O–H groups in total. The average Bonchev–Trinajstić information content (AvgIpc) is 2.62. The number of rotatable bonds is 8. The fourth-order valence-electron chi connectivity index (χ4n) is 2.16. The minimum atomic E-state index is -0.668. The van der Waals surface area contributed by atoms with Gasteiger partial charge in [0.1, 0.15) is 12.4 Å². The number of hydrogen-bond donors (Lipinski definition) is 3. The summed E-state index contributed by atoms with van der Waals surface area (Å²) in [4.78, 5) is 11.6. The third-order valence-corrected chi connectivity index (χ3v) is 3.67. The predicted molar refractivity (Wildman–Crippen MR) is 94.9 cm³/mol. The highest BCUT2D eigenvalue weighted by Gasteiger charge is 2.07. The smallest absolute Gasteiger partial charge is 0.407 e. The number of ether oxygens (including phenoxy) is 1. The predicted octanol–water partition coefficient (Wildman–Crippen LogP) is 3.22. The number of carbonyl (C=O) groups is 1. The summed E-state index contributed by atoms with van der Waals surface area (Å²) in [6.45, 7) is 2.45. The molecule has 1 unspecified atom stereocenters. The minimum Gasteiger partial charge on any atom is -0.445 e. The number of carbonyl (C=O) groups excluding carboxylic acids is 1. The fraction of sp³-hybridized carbons (Fsp3) is 0.316. The van der Waals surface area contributed by atoms with Gasteiger partial charge in [0.2, 0.25) is 0 Å². The zero-order valence-corrected chi connectivity index (χ0v) is 14.2. The van der Waals surface area contributed by atoms with E-state index in [-0.39, 0.29) is 19.0 Å². The monoisotopic (exact) mass is 346 g/mol. The highest BCUT2D eigenvalue weighted by molar-refractivity contribution is 5.67. The van der Waals surface area contributed by atoms with Gasteiger partial charge in [0, 0.05) is 18.8 Å². The molecular weight excluding hydrogens is 323 g/mol. The number of benzene rings is 2. The summed E-state index contributed by atoms with van der Waals surface area (Å²) in [6, 6.07) is 14.2. The molecule has 0 saturated heterocycles. The lowest BCUT2D eigenvalue weighted by molar-refractivity contribution is 0.135. The standard InChI is InChI=1S/C19H23FN2O3/c1-14-7-8-16(11-18(14)20)22-12-17(23)9-10-21-19(24)25-13-15-5-3-2-4-6-15/h2-8,11,17,22-23H,9-10,12-13H2,1H3,(H,21,24). The van der Waals surface area contributed by atoms with Crippen LogP contribution in [0.5, 0.6) is 0 Å². The summed E-state index contributed by atoms with van der Waals surface area (Å²) >= 11 is 0. The van der Waals surface area contributed by atoms with Gasteiger partial charge in [-0.25, -0.2) is 9.18 Å². The molecule has 134 valence electrons. The van der Waals surface area contributed by atoms with Gasteiger partial charge in [0.25, 0.3) is 0 Å². The minimum absolute atomic E-state index is 0.204. The number of aryl methyl sites for hydroxylation is 1. The van der Waals surface area contributed by atoms with Gasteiger partial charge in [-0.15, -0.1) is 0 Å². The molecule has 6 heteroatoms. The van der Waals surface area contributed by atoms with Crippen molar-refractivity contribution in [2.75, 3.05) is 18.4 Å². The number of aliphatic hydroxyl groups excluding tert-OH is 1. The molecule has 0 aromatic heterocycles. The van der Waals surface area contributed by atoms with Crippen molar-refractivity contribution in [3.8, 4) is 0 Å². The normalized spacial score (nSPS) is 11.6. The van der Waals surface area contributed by atoms with Crippen molar-refractivity contribution in [1.29, 1.82) is 0 Å². The average molecular weight is 346 g/mol. The largest absolute Gasteiger partial charge is 0.445 e. The Labute approximate surface area is 146 Å². The van der Waals surface area contributed by atoms with Gasteiger partial charge in [-0.1, -0.05) is 36.4 Å². The molecule has 5 nitrogen and oxygen atoms in total. The molecule has 2 aromatic rings. The molecule has 2 aromatic carbocycles. The van der Waals surface area contributed by atoms with Crippen LogP contribution in [0.1, 0.15) is 17.5 Å². The lowest BCUT2D eigenvalue weighted by Gasteiger charge is -2.14. The van der Waals surface area contributed by atoms with Crippen LogP contribution in [0, 0.1) is 12.7 Å². The molecule has 1 atom stereocenters. The lowest BCUT2D eigenvalue weighted by Crippen LogP contribution is -2.30. The number of halogens is 1. The maximum atomic E-state index is 13.4. The molecule has 0 bridgehead atoms. The van der Waals surface area contributed by atoms with Crippen LogP contribution in [0.15, 0.2) is 48.5 Å². The van der Waals surface area contributed by atoms with E-state index in [2.05, 4.69) is 10.6 Å². The van der Waals surface area contributed by atoms with E-state index in [4.69, 9.17) is 4.74 Å². The number of aliphatic hydroxyl groups is 1. The number of nitrogens with one attached hydrogen (secondary N) is 2. The van der Waals surface area contributed by atoms with Gasteiger partial charge in [0.05, 0.1) is 6.10 Å². The second kappa shape index (κ2) is 9.64. The first-order valence-electron chi connectivity index (χ1n) is 8.17. The quantitative estimate of drug-likeness (QED) is 0.686. The molecule has 0 radical (unpaired) electrons. The zero-order valence-electron chi connectivity index (χ0n) is 14.2. The summed E-state index contributed by atoms with van der Waals surface area (Å²) in [6.07, 6.45) is -0.828. The highest BCUT2D eigenvalue weighted by atomic mass is 19.1. The summed E-state index contributed by atoms with van der Waals surface area (Å²) < 4.78 is 18.5. The Morgan fingerprint density at radius 1 is 1.24 bits per heavy atom. The van der Waals surface area contributed by atoms with E-state index < -0.39 is 12.2 Å².